The molecule has 32 heavy (non-hydrogen) atoms. The first-order valence-electron chi connectivity index (χ1n) is 11.0. The molecule has 1 N–H and O–H groups in total. The number of hydrogen-bond acceptors (Lipinski definition) is 3. The highest BCUT2D eigenvalue weighted by atomic mass is 35.5. The fraction of sp³-hybridized carbons (Fsp3) is 0.423. The molecule has 4 nitrogen and oxygen atoms in total. The normalized spacial score (nSPS) is 14.3. The fourth-order valence-corrected chi connectivity index (χ4v) is 3.96. The van der Waals surface area contributed by atoms with E-state index in [1.54, 1.807) is 12.1 Å². The molecule has 0 heterocycles. The lowest BCUT2D eigenvalue weighted by Crippen LogP contribution is -2.51. The molecule has 1 amide bonds. The highest BCUT2D eigenvalue weighted by Gasteiger charge is 2.38. The molecule has 174 valence electrons. The van der Waals surface area contributed by atoms with Crippen molar-refractivity contribution in [3.63, 3.8) is 0 Å². The minimum atomic E-state index is -2.02. The summed E-state index contributed by atoms with van der Waals surface area (Å²) in [5, 5.41) is 3.20. The Kier molecular flexibility index (Phi) is 10.2. The molecule has 0 bridgehead atoms. The van der Waals surface area contributed by atoms with E-state index in [1.807, 2.05) is 60.7 Å². The Bertz CT molecular complexity index is 850. The summed E-state index contributed by atoms with van der Waals surface area (Å²) in [5.41, 5.74) is 1.67. The third-order valence-electron chi connectivity index (χ3n) is 5.88. The van der Waals surface area contributed by atoms with Crippen molar-refractivity contribution in [1.29, 1.82) is 0 Å². The van der Waals surface area contributed by atoms with Crippen molar-refractivity contribution in [1.82, 2.24) is 5.32 Å². The Morgan fingerprint density at radius 2 is 1.66 bits per heavy atom. The standard InChI is InChI=1S/C26H36ClNO3Si/c1-26(2,3)32(4,5)31-20-23(28-25(29)22-15-10-7-11-16-22)24(17-12-18-27)30-19-21-13-8-6-9-14-21/h6-17,23-24H,18-20H2,1-5H3,(H,28,29)/b17-12+/t23-,24+/m0/s1. The summed E-state index contributed by atoms with van der Waals surface area (Å²) >= 11 is 5.92. The van der Waals surface area contributed by atoms with E-state index in [1.165, 1.54) is 0 Å². The number of carbonyl (C=O) groups excluding carboxylic acids is 1. The fourth-order valence-electron chi connectivity index (χ4n) is 2.83. The molecule has 2 rings (SSSR count). The van der Waals surface area contributed by atoms with Gasteiger partial charge < -0.3 is 14.5 Å². The van der Waals surface area contributed by atoms with Crippen molar-refractivity contribution in [3.05, 3.63) is 83.9 Å². The van der Waals surface area contributed by atoms with Crippen LogP contribution in [0.5, 0.6) is 0 Å². The lowest BCUT2D eigenvalue weighted by Gasteiger charge is -2.38. The van der Waals surface area contributed by atoms with Crippen LogP contribution < -0.4 is 5.32 Å². The smallest absolute Gasteiger partial charge is 0.251 e. The Morgan fingerprint density at radius 1 is 1.06 bits per heavy atom. The van der Waals surface area contributed by atoms with Gasteiger partial charge in [-0.3, -0.25) is 4.79 Å². The second-order valence-corrected chi connectivity index (χ2v) is 14.5. The number of ether oxygens (including phenoxy) is 1. The molecule has 0 spiro atoms. The number of halogens is 1. The second-order valence-electron chi connectivity index (χ2n) is 9.36. The number of alkyl halides is 1. The van der Waals surface area contributed by atoms with Crippen molar-refractivity contribution < 1.29 is 14.0 Å². The van der Waals surface area contributed by atoms with Gasteiger partial charge in [0.15, 0.2) is 8.32 Å². The van der Waals surface area contributed by atoms with Crippen molar-refractivity contribution in [3.8, 4) is 0 Å². The van der Waals surface area contributed by atoms with Crippen LogP contribution in [0.25, 0.3) is 0 Å². The lowest BCUT2D eigenvalue weighted by molar-refractivity contribution is 0.0297. The van der Waals surface area contributed by atoms with Crippen LogP contribution in [0.15, 0.2) is 72.8 Å². The maximum Gasteiger partial charge on any atom is 0.251 e. The quantitative estimate of drug-likeness (QED) is 0.240. The van der Waals surface area contributed by atoms with Crippen LogP contribution in [0.1, 0.15) is 36.7 Å². The molecule has 0 aliphatic rings. The van der Waals surface area contributed by atoms with Gasteiger partial charge in [0.1, 0.15) is 0 Å². The van der Waals surface area contributed by atoms with Crippen LogP contribution in [0, 0.1) is 0 Å². The zero-order chi connectivity index (χ0) is 23.6. The van der Waals surface area contributed by atoms with Gasteiger partial charge in [0.25, 0.3) is 5.91 Å². The molecule has 0 fully saturated rings. The molecule has 2 aromatic rings. The van der Waals surface area contributed by atoms with Gasteiger partial charge in [0.2, 0.25) is 0 Å². The maximum atomic E-state index is 13.0. The van der Waals surface area contributed by atoms with Crippen LogP contribution in [0.3, 0.4) is 0 Å². The third kappa shape index (κ3) is 8.21. The minimum Gasteiger partial charge on any atom is -0.415 e. The molecule has 0 saturated carbocycles. The number of nitrogens with one attached hydrogen (secondary N) is 1. The Hall–Kier alpha value is -1.92. The maximum absolute atomic E-state index is 13.0. The summed E-state index contributed by atoms with van der Waals surface area (Å²) in [6.07, 6.45) is 3.39. The Balaban J connectivity index is 2.24. The first-order chi connectivity index (χ1) is 15.1. The zero-order valence-corrected chi connectivity index (χ0v) is 21.6. The molecule has 0 saturated heterocycles. The Morgan fingerprint density at radius 3 is 2.22 bits per heavy atom. The summed E-state index contributed by atoms with van der Waals surface area (Å²) in [4.78, 5) is 13.0. The van der Waals surface area contributed by atoms with Crippen molar-refractivity contribution >= 4 is 25.8 Å². The van der Waals surface area contributed by atoms with E-state index in [9.17, 15) is 4.79 Å². The van der Waals surface area contributed by atoms with E-state index in [0.29, 0.717) is 24.7 Å². The number of rotatable bonds is 11. The van der Waals surface area contributed by atoms with E-state index in [0.717, 1.165) is 5.56 Å². The molecular formula is C26H36ClNO3Si. The van der Waals surface area contributed by atoms with Gasteiger partial charge in [-0.2, -0.15) is 0 Å². The molecule has 2 aromatic carbocycles. The average Bonchev–Trinajstić information content (AvgIpc) is 2.77. The SMILES string of the molecule is CC(C)(C)[Si](C)(C)OC[C@H](NC(=O)c1ccccc1)[C@@H](/C=C/CCl)OCc1ccccc1. The highest BCUT2D eigenvalue weighted by molar-refractivity contribution is 6.74. The predicted octanol–water partition coefficient (Wildman–Crippen LogP) is 6.19. The summed E-state index contributed by atoms with van der Waals surface area (Å²) in [6.45, 7) is 11.8. The predicted molar refractivity (Wildman–Crippen MR) is 136 cm³/mol. The van der Waals surface area contributed by atoms with Gasteiger partial charge in [-0.15, -0.1) is 11.6 Å². The van der Waals surface area contributed by atoms with Crippen molar-refractivity contribution in [2.45, 2.75) is 57.7 Å². The highest BCUT2D eigenvalue weighted by Crippen LogP contribution is 2.36. The first kappa shape index (κ1) is 26.3. The first-order valence-corrected chi connectivity index (χ1v) is 14.5. The van der Waals surface area contributed by atoms with Crippen LogP contribution >= 0.6 is 11.6 Å². The van der Waals surface area contributed by atoms with Gasteiger partial charge in [-0.25, -0.2) is 0 Å². The molecule has 0 aliphatic heterocycles. The van der Waals surface area contributed by atoms with Crippen LogP contribution in [-0.2, 0) is 15.8 Å². The number of amides is 1. The van der Waals surface area contributed by atoms with E-state index < -0.39 is 8.32 Å². The van der Waals surface area contributed by atoms with E-state index in [4.69, 9.17) is 20.8 Å². The number of allylic oxidation sites excluding steroid dienone is 1. The molecule has 0 aromatic heterocycles. The monoisotopic (exact) mass is 473 g/mol. The van der Waals surface area contributed by atoms with Crippen molar-refractivity contribution in [2.24, 2.45) is 0 Å². The number of hydrogen-bond donors (Lipinski definition) is 1. The van der Waals surface area contributed by atoms with Crippen LogP contribution in [0.4, 0.5) is 0 Å². The molecule has 0 radical (unpaired) electrons. The van der Waals surface area contributed by atoms with E-state index in [2.05, 4.69) is 39.2 Å². The van der Waals surface area contributed by atoms with Crippen molar-refractivity contribution in [2.75, 3.05) is 12.5 Å². The summed E-state index contributed by atoms with van der Waals surface area (Å²) in [7, 11) is -2.02. The largest absolute Gasteiger partial charge is 0.415 e. The minimum absolute atomic E-state index is 0.0629. The van der Waals surface area contributed by atoms with Gasteiger partial charge in [-0.1, -0.05) is 81.5 Å². The molecule has 2 atom stereocenters. The van der Waals surface area contributed by atoms with Crippen LogP contribution in [-0.4, -0.2) is 38.9 Å². The third-order valence-corrected chi connectivity index (χ3v) is 10.6. The molecule has 0 aliphatic carbocycles. The van der Waals surface area contributed by atoms with E-state index >= 15 is 0 Å². The Labute approximate surface area is 199 Å². The second kappa shape index (κ2) is 12.4. The average molecular weight is 474 g/mol. The summed E-state index contributed by atoms with van der Waals surface area (Å²) in [5.74, 6) is 0.218. The molecular weight excluding hydrogens is 438 g/mol. The summed E-state index contributed by atoms with van der Waals surface area (Å²) < 4.78 is 12.7. The topological polar surface area (TPSA) is 47.6 Å². The molecule has 6 heteroatoms. The lowest BCUT2D eigenvalue weighted by atomic mass is 10.1. The van der Waals surface area contributed by atoms with E-state index in [-0.39, 0.29) is 23.1 Å². The number of benzene rings is 2. The van der Waals surface area contributed by atoms with Gasteiger partial charge >= 0.3 is 0 Å². The van der Waals surface area contributed by atoms with Gasteiger partial charge in [0, 0.05) is 11.4 Å². The van der Waals surface area contributed by atoms with Crippen LogP contribution in [0.2, 0.25) is 18.1 Å². The molecule has 0 unspecified atom stereocenters. The number of carbonyl (C=O) groups is 1. The zero-order valence-electron chi connectivity index (χ0n) is 19.8. The summed E-state index contributed by atoms with van der Waals surface area (Å²) in [6, 6.07) is 18.8. The van der Waals surface area contributed by atoms with Gasteiger partial charge in [0.05, 0.1) is 25.4 Å². The van der Waals surface area contributed by atoms with Gasteiger partial charge in [-0.05, 0) is 35.8 Å².